The highest BCUT2D eigenvalue weighted by atomic mass is 32.2. The fourth-order valence-corrected chi connectivity index (χ4v) is 2.89. The van der Waals surface area contributed by atoms with Crippen molar-refractivity contribution < 1.29 is 23.0 Å². The summed E-state index contributed by atoms with van der Waals surface area (Å²) < 4.78 is 33.9. The minimum atomic E-state index is -3.45. The fourth-order valence-electron chi connectivity index (χ4n) is 1.59. The maximum absolute atomic E-state index is 11.8. The van der Waals surface area contributed by atoms with Crippen LogP contribution in [0.5, 0.6) is 11.5 Å². The largest absolute Gasteiger partial charge is 0.454 e. The molecule has 0 fully saturated rings. The van der Waals surface area contributed by atoms with Gasteiger partial charge in [0.15, 0.2) is 21.3 Å². The van der Waals surface area contributed by atoms with Crippen LogP contribution in [0.4, 0.5) is 0 Å². The molecule has 0 atom stereocenters. The van der Waals surface area contributed by atoms with Crippen molar-refractivity contribution in [1.29, 1.82) is 0 Å². The summed E-state index contributed by atoms with van der Waals surface area (Å²) in [5.41, 5.74) is 0.595. The molecule has 2 rings (SSSR count). The maximum Gasteiger partial charge on any atom is 0.231 e. The Balaban J connectivity index is 2.50. The van der Waals surface area contributed by atoms with Gasteiger partial charge in [0.2, 0.25) is 6.79 Å². The van der Waals surface area contributed by atoms with Gasteiger partial charge in [-0.2, -0.15) is 0 Å². The van der Waals surface area contributed by atoms with Crippen LogP contribution in [0.2, 0.25) is 0 Å². The highest BCUT2D eigenvalue weighted by Crippen LogP contribution is 2.36. The predicted molar refractivity (Wildman–Crippen MR) is 56.4 cm³/mol. The van der Waals surface area contributed by atoms with Crippen LogP contribution in [0.25, 0.3) is 0 Å². The number of hydrogen-bond acceptors (Lipinski definition) is 5. The molecule has 0 spiro atoms. The lowest BCUT2D eigenvalue weighted by molar-refractivity contribution is 0.174. The van der Waals surface area contributed by atoms with E-state index in [9.17, 15) is 8.42 Å². The molecule has 0 amide bonds. The smallest absolute Gasteiger partial charge is 0.231 e. The first kappa shape index (κ1) is 11.2. The molecule has 1 N–H and O–H groups in total. The number of aryl methyl sites for hydroxylation is 1. The van der Waals surface area contributed by atoms with E-state index >= 15 is 0 Å². The number of ether oxygens (including phenoxy) is 2. The molecule has 0 saturated carbocycles. The third kappa shape index (κ3) is 1.85. The summed E-state index contributed by atoms with van der Waals surface area (Å²) in [4.78, 5) is 0.186. The van der Waals surface area contributed by atoms with E-state index in [1.807, 2.05) is 0 Å². The molecule has 1 aliphatic rings. The van der Waals surface area contributed by atoms with Gasteiger partial charge in [-0.25, -0.2) is 8.42 Å². The Morgan fingerprint density at radius 2 is 1.94 bits per heavy atom. The van der Waals surface area contributed by atoms with E-state index in [0.717, 1.165) is 0 Å². The van der Waals surface area contributed by atoms with E-state index in [4.69, 9.17) is 14.6 Å². The van der Waals surface area contributed by atoms with Crippen LogP contribution < -0.4 is 9.47 Å². The van der Waals surface area contributed by atoms with Crippen LogP contribution in [0, 0.1) is 6.92 Å². The van der Waals surface area contributed by atoms with E-state index in [1.54, 1.807) is 13.0 Å². The van der Waals surface area contributed by atoms with Gasteiger partial charge in [-0.3, -0.25) is 0 Å². The zero-order valence-electron chi connectivity index (χ0n) is 8.76. The van der Waals surface area contributed by atoms with Crippen molar-refractivity contribution in [2.24, 2.45) is 0 Å². The molecule has 0 unspecified atom stereocenters. The number of aliphatic hydroxyl groups excluding tert-OH is 1. The summed E-state index contributed by atoms with van der Waals surface area (Å²) in [5.74, 6) is 0.704. The minimum Gasteiger partial charge on any atom is -0.454 e. The van der Waals surface area contributed by atoms with Crippen molar-refractivity contribution in [1.82, 2.24) is 0 Å². The van der Waals surface area contributed by atoms with Crippen molar-refractivity contribution in [3.05, 3.63) is 17.7 Å². The topological polar surface area (TPSA) is 72.8 Å². The van der Waals surface area contributed by atoms with Gasteiger partial charge in [0.05, 0.1) is 17.3 Å². The Bertz CT molecular complexity index is 506. The van der Waals surface area contributed by atoms with Crippen LogP contribution in [-0.4, -0.2) is 32.7 Å². The molecule has 5 nitrogen and oxygen atoms in total. The van der Waals surface area contributed by atoms with Gasteiger partial charge in [0.1, 0.15) is 0 Å². The van der Waals surface area contributed by atoms with E-state index in [2.05, 4.69) is 0 Å². The summed E-state index contributed by atoms with van der Waals surface area (Å²) in [7, 11) is -3.45. The molecule has 1 aromatic rings. The van der Waals surface area contributed by atoms with Crippen LogP contribution >= 0.6 is 0 Å². The third-order valence-corrected chi connectivity index (χ3v) is 4.20. The Hall–Kier alpha value is -1.27. The SMILES string of the molecule is Cc1cc2c(cc1S(=O)(=O)CCO)OCO2. The highest BCUT2D eigenvalue weighted by Gasteiger charge is 2.22. The van der Waals surface area contributed by atoms with Gasteiger partial charge >= 0.3 is 0 Å². The lowest BCUT2D eigenvalue weighted by Crippen LogP contribution is -2.11. The maximum atomic E-state index is 11.8. The second-order valence-electron chi connectivity index (χ2n) is 3.51. The highest BCUT2D eigenvalue weighted by molar-refractivity contribution is 7.91. The van der Waals surface area contributed by atoms with Gasteiger partial charge in [0.25, 0.3) is 0 Å². The Kier molecular flexibility index (Phi) is 2.77. The molecular formula is C10H12O5S. The molecule has 6 heteroatoms. The molecule has 88 valence electrons. The van der Waals surface area contributed by atoms with Crippen LogP contribution in [-0.2, 0) is 9.84 Å². The quantitative estimate of drug-likeness (QED) is 0.837. The average Bonchev–Trinajstić information content (AvgIpc) is 2.63. The fraction of sp³-hybridized carbons (Fsp3) is 0.400. The molecule has 0 aliphatic carbocycles. The van der Waals surface area contributed by atoms with Crippen molar-refractivity contribution in [2.75, 3.05) is 19.2 Å². The monoisotopic (exact) mass is 244 g/mol. The number of aliphatic hydroxyl groups is 1. The molecule has 0 aromatic heterocycles. The lowest BCUT2D eigenvalue weighted by atomic mass is 10.2. The lowest BCUT2D eigenvalue weighted by Gasteiger charge is -2.07. The molecule has 0 saturated heterocycles. The molecule has 0 bridgehead atoms. The van der Waals surface area contributed by atoms with E-state index < -0.39 is 16.4 Å². The first-order chi connectivity index (χ1) is 7.54. The molecular weight excluding hydrogens is 232 g/mol. The van der Waals surface area contributed by atoms with Crippen molar-refractivity contribution in [3.8, 4) is 11.5 Å². The second-order valence-corrected chi connectivity index (χ2v) is 5.59. The predicted octanol–water partition coefficient (Wildman–Crippen LogP) is 0.490. The zero-order valence-corrected chi connectivity index (χ0v) is 9.58. The summed E-state index contributed by atoms with van der Waals surface area (Å²) in [6.45, 7) is 1.40. The van der Waals surface area contributed by atoms with Crippen LogP contribution in [0.15, 0.2) is 17.0 Å². The second kappa shape index (κ2) is 3.95. The first-order valence-electron chi connectivity index (χ1n) is 4.78. The summed E-state index contributed by atoms with van der Waals surface area (Å²) in [5, 5.41) is 8.71. The number of rotatable bonds is 3. The Labute approximate surface area is 93.5 Å². The standard InChI is InChI=1S/C10H12O5S/c1-7-4-8-9(15-6-14-8)5-10(7)16(12,13)3-2-11/h4-5,11H,2-3,6H2,1H3. The number of hydrogen-bond donors (Lipinski definition) is 1. The summed E-state index contributed by atoms with van der Waals surface area (Å²) >= 11 is 0. The number of fused-ring (bicyclic) bond motifs is 1. The van der Waals surface area contributed by atoms with Gasteiger partial charge in [0, 0.05) is 6.07 Å². The van der Waals surface area contributed by atoms with Gasteiger partial charge < -0.3 is 14.6 Å². The number of benzene rings is 1. The van der Waals surface area contributed by atoms with Crippen LogP contribution in [0.1, 0.15) is 5.56 Å². The van der Waals surface area contributed by atoms with E-state index in [1.165, 1.54) is 6.07 Å². The summed E-state index contributed by atoms with van der Waals surface area (Å²) in [6, 6.07) is 3.08. The molecule has 1 aliphatic heterocycles. The van der Waals surface area contributed by atoms with Crippen molar-refractivity contribution in [2.45, 2.75) is 11.8 Å². The van der Waals surface area contributed by atoms with Crippen molar-refractivity contribution >= 4 is 9.84 Å². The molecule has 1 aromatic carbocycles. The van der Waals surface area contributed by atoms with Gasteiger partial charge in [-0.05, 0) is 18.6 Å². The van der Waals surface area contributed by atoms with Crippen molar-refractivity contribution in [3.63, 3.8) is 0 Å². The molecule has 1 heterocycles. The van der Waals surface area contributed by atoms with E-state index in [-0.39, 0.29) is 17.4 Å². The Morgan fingerprint density at radius 3 is 2.56 bits per heavy atom. The summed E-state index contributed by atoms with van der Waals surface area (Å²) in [6.07, 6.45) is 0. The minimum absolute atomic E-state index is 0.109. The molecule has 16 heavy (non-hydrogen) atoms. The van der Waals surface area contributed by atoms with E-state index in [0.29, 0.717) is 17.1 Å². The van der Waals surface area contributed by atoms with Crippen LogP contribution in [0.3, 0.4) is 0 Å². The first-order valence-corrected chi connectivity index (χ1v) is 6.43. The average molecular weight is 244 g/mol. The number of sulfone groups is 1. The van der Waals surface area contributed by atoms with Gasteiger partial charge in [-0.15, -0.1) is 0 Å². The zero-order chi connectivity index (χ0) is 11.8. The Morgan fingerprint density at radius 1 is 1.31 bits per heavy atom. The molecule has 0 radical (unpaired) electrons. The normalized spacial score (nSPS) is 14.1. The third-order valence-electron chi connectivity index (χ3n) is 2.37. The van der Waals surface area contributed by atoms with Gasteiger partial charge in [-0.1, -0.05) is 0 Å².